The van der Waals surface area contributed by atoms with Gasteiger partial charge in [-0.25, -0.2) is 14.2 Å². The van der Waals surface area contributed by atoms with E-state index >= 15 is 0 Å². The molecule has 2 N–H and O–H groups in total. The van der Waals surface area contributed by atoms with Gasteiger partial charge in [0.05, 0.1) is 29.8 Å². The quantitative estimate of drug-likeness (QED) is 0.763. The highest BCUT2D eigenvalue weighted by molar-refractivity contribution is 5.89. The van der Waals surface area contributed by atoms with Crippen molar-refractivity contribution < 1.29 is 9.18 Å². The normalized spacial score (nSPS) is 14.2. The lowest BCUT2D eigenvalue weighted by Crippen LogP contribution is -2.33. The van der Waals surface area contributed by atoms with Gasteiger partial charge in [-0.15, -0.1) is 0 Å². The molecule has 7 heteroatoms. The van der Waals surface area contributed by atoms with Crippen LogP contribution in [0.4, 0.5) is 14.9 Å². The average Bonchev–Trinajstić information content (AvgIpc) is 3.21. The molecule has 3 aromatic rings. The number of rotatable bonds is 3. The van der Waals surface area contributed by atoms with Crippen molar-refractivity contribution in [2.45, 2.75) is 6.04 Å². The number of carbonyl (C=O) groups is 1. The van der Waals surface area contributed by atoms with Gasteiger partial charge in [0.1, 0.15) is 11.9 Å². The number of aromatic nitrogens is 2. The number of nitrogens with one attached hydrogen (secondary N) is 2. The van der Waals surface area contributed by atoms with Crippen LogP contribution in [0.5, 0.6) is 0 Å². The van der Waals surface area contributed by atoms with Crippen LogP contribution in [0.2, 0.25) is 0 Å². The van der Waals surface area contributed by atoms with Crippen LogP contribution >= 0.6 is 0 Å². The lowest BCUT2D eigenvalue weighted by molar-refractivity contribution is 0.251. The van der Waals surface area contributed by atoms with E-state index in [0.717, 1.165) is 22.9 Å². The van der Waals surface area contributed by atoms with E-state index in [1.54, 1.807) is 18.6 Å². The molecular weight excluding hydrogens is 333 g/mol. The van der Waals surface area contributed by atoms with E-state index in [-0.39, 0.29) is 17.3 Å². The molecule has 0 spiro atoms. The van der Waals surface area contributed by atoms with Gasteiger partial charge in [0, 0.05) is 17.8 Å². The fraction of sp³-hybridized carbons (Fsp3) is 0.105. The van der Waals surface area contributed by atoms with Crippen LogP contribution in [-0.2, 0) is 0 Å². The highest BCUT2D eigenvalue weighted by atomic mass is 19.1. The number of imidazole rings is 1. The topological polar surface area (TPSA) is 82.7 Å². The molecule has 0 aliphatic carbocycles. The molecule has 1 aliphatic heterocycles. The molecule has 0 saturated carbocycles. The van der Waals surface area contributed by atoms with Crippen LogP contribution in [-0.4, -0.2) is 22.1 Å². The first-order valence-electron chi connectivity index (χ1n) is 8.03. The second-order valence-electron chi connectivity index (χ2n) is 5.93. The van der Waals surface area contributed by atoms with Crippen LogP contribution in [0.25, 0.3) is 11.3 Å². The van der Waals surface area contributed by atoms with Gasteiger partial charge in [-0.2, -0.15) is 5.26 Å². The second-order valence-corrected chi connectivity index (χ2v) is 5.93. The van der Waals surface area contributed by atoms with Gasteiger partial charge in [0.25, 0.3) is 0 Å². The van der Waals surface area contributed by atoms with Crippen molar-refractivity contribution in [3.05, 3.63) is 71.9 Å². The van der Waals surface area contributed by atoms with Crippen molar-refractivity contribution in [2.24, 2.45) is 0 Å². The van der Waals surface area contributed by atoms with Crippen LogP contribution in [0.15, 0.2) is 55.0 Å². The maximum absolute atomic E-state index is 13.6. The fourth-order valence-corrected chi connectivity index (χ4v) is 3.19. The van der Waals surface area contributed by atoms with Gasteiger partial charge >= 0.3 is 6.03 Å². The fourth-order valence-electron chi connectivity index (χ4n) is 3.19. The summed E-state index contributed by atoms with van der Waals surface area (Å²) in [5.74, 6) is -0.668. The van der Waals surface area contributed by atoms with Gasteiger partial charge in [0.15, 0.2) is 0 Å². The molecule has 2 heterocycles. The number of nitrogens with zero attached hydrogens (tertiary/aromatic N) is 3. The molecule has 0 bridgehead atoms. The average molecular weight is 347 g/mol. The summed E-state index contributed by atoms with van der Waals surface area (Å²) in [4.78, 5) is 16.3. The zero-order valence-corrected chi connectivity index (χ0v) is 13.6. The van der Waals surface area contributed by atoms with Gasteiger partial charge in [-0.05, 0) is 23.8 Å². The van der Waals surface area contributed by atoms with Crippen molar-refractivity contribution in [3.63, 3.8) is 0 Å². The van der Waals surface area contributed by atoms with E-state index in [2.05, 4.69) is 15.6 Å². The Balaban J connectivity index is 1.46. The third-order valence-electron chi connectivity index (χ3n) is 4.40. The van der Waals surface area contributed by atoms with Gasteiger partial charge in [-0.3, -0.25) is 0 Å². The predicted molar refractivity (Wildman–Crippen MR) is 93.9 cm³/mol. The molecule has 26 heavy (non-hydrogen) atoms. The lowest BCUT2D eigenvalue weighted by atomic mass is 10.0. The molecule has 1 atom stereocenters. The first-order chi connectivity index (χ1) is 12.7. The molecular formula is C19H14FN5O. The molecule has 0 radical (unpaired) electrons. The minimum atomic E-state index is -0.668. The number of benzene rings is 2. The number of hydrogen-bond acceptors (Lipinski definition) is 3. The van der Waals surface area contributed by atoms with Crippen LogP contribution in [0.1, 0.15) is 17.2 Å². The predicted octanol–water partition coefficient (Wildman–Crippen LogP) is 3.29. The third kappa shape index (κ3) is 2.67. The summed E-state index contributed by atoms with van der Waals surface area (Å²) in [5.41, 5.74) is 3.46. The third-order valence-corrected chi connectivity index (χ3v) is 4.40. The molecule has 6 nitrogen and oxygen atoms in total. The van der Waals surface area contributed by atoms with E-state index in [4.69, 9.17) is 5.26 Å². The van der Waals surface area contributed by atoms with Gasteiger partial charge in [0.2, 0.25) is 0 Å². The van der Waals surface area contributed by atoms with E-state index < -0.39 is 11.8 Å². The number of carbonyl (C=O) groups excluding carboxylic acids is 1. The Morgan fingerprint density at radius 1 is 1.31 bits per heavy atom. The summed E-state index contributed by atoms with van der Waals surface area (Å²) >= 11 is 0. The Morgan fingerprint density at radius 2 is 2.15 bits per heavy atom. The Bertz CT molecular complexity index is 1040. The summed E-state index contributed by atoms with van der Waals surface area (Å²) in [6, 6.07) is 13.2. The Labute approximate surface area is 148 Å². The van der Waals surface area contributed by atoms with Gasteiger partial charge in [-0.1, -0.05) is 24.3 Å². The van der Waals surface area contributed by atoms with E-state index in [0.29, 0.717) is 6.54 Å². The van der Waals surface area contributed by atoms with Crippen molar-refractivity contribution in [1.29, 1.82) is 5.26 Å². The van der Waals surface area contributed by atoms with Crippen LogP contribution in [0.3, 0.4) is 0 Å². The Kier molecular flexibility index (Phi) is 3.86. The number of amides is 2. The van der Waals surface area contributed by atoms with Crippen LogP contribution in [0, 0.1) is 17.1 Å². The molecule has 2 aromatic carbocycles. The van der Waals surface area contributed by atoms with E-state index in [9.17, 15) is 9.18 Å². The molecule has 1 unspecified atom stereocenters. The van der Waals surface area contributed by atoms with Crippen LogP contribution < -0.4 is 10.6 Å². The summed E-state index contributed by atoms with van der Waals surface area (Å²) in [6.45, 7) is 0.366. The van der Waals surface area contributed by atoms with Crippen molar-refractivity contribution >= 4 is 11.7 Å². The standard InChI is InChI=1S/C19H14FN5O/c20-16-7-13(6-5-12(16)8-21)24-19(26)23-10-18-15-4-2-1-3-14(15)17-9-22-11-25(17)18/h1-7,9,11,18H,10H2,(H2,23,24,26). The SMILES string of the molecule is N#Cc1ccc(NC(=O)NCC2c3ccccc3-c3cncn32)cc1F. The minimum absolute atomic E-state index is 0.0489. The summed E-state index contributed by atoms with van der Waals surface area (Å²) in [7, 11) is 0. The smallest absolute Gasteiger partial charge is 0.319 e. The molecule has 128 valence electrons. The highest BCUT2D eigenvalue weighted by Crippen LogP contribution is 2.38. The summed E-state index contributed by atoms with van der Waals surface area (Å²) in [5, 5.41) is 14.1. The Morgan fingerprint density at radius 3 is 2.96 bits per heavy atom. The highest BCUT2D eigenvalue weighted by Gasteiger charge is 2.28. The van der Waals surface area contributed by atoms with E-state index in [1.165, 1.54) is 12.1 Å². The molecule has 1 aromatic heterocycles. The van der Waals surface area contributed by atoms with Crippen molar-refractivity contribution in [3.8, 4) is 17.3 Å². The molecule has 0 saturated heterocycles. The lowest BCUT2D eigenvalue weighted by Gasteiger charge is -2.16. The summed E-state index contributed by atoms with van der Waals surface area (Å²) < 4.78 is 15.6. The first-order valence-corrected chi connectivity index (χ1v) is 8.03. The largest absolute Gasteiger partial charge is 0.335 e. The molecule has 1 aliphatic rings. The number of nitriles is 1. The van der Waals surface area contributed by atoms with Crippen molar-refractivity contribution in [2.75, 3.05) is 11.9 Å². The zero-order valence-electron chi connectivity index (χ0n) is 13.6. The maximum Gasteiger partial charge on any atom is 0.319 e. The first kappa shape index (κ1) is 15.8. The number of fused-ring (bicyclic) bond motifs is 3. The molecule has 2 amide bonds. The zero-order chi connectivity index (χ0) is 18.1. The minimum Gasteiger partial charge on any atom is -0.335 e. The monoisotopic (exact) mass is 347 g/mol. The van der Waals surface area contributed by atoms with E-state index in [1.807, 2.05) is 28.8 Å². The second kappa shape index (κ2) is 6.33. The number of hydrogen-bond donors (Lipinski definition) is 2. The number of urea groups is 1. The molecule has 4 rings (SSSR count). The molecule has 0 fully saturated rings. The van der Waals surface area contributed by atoms with Gasteiger partial charge < -0.3 is 15.2 Å². The van der Waals surface area contributed by atoms with Crippen molar-refractivity contribution in [1.82, 2.24) is 14.9 Å². The summed E-state index contributed by atoms with van der Waals surface area (Å²) in [6.07, 6.45) is 3.55. The Hall–Kier alpha value is -3.66. The maximum atomic E-state index is 13.6. The number of halogens is 1. The number of anilines is 1.